The fourth-order valence-electron chi connectivity index (χ4n) is 3.59. The number of hydrogen-bond acceptors (Lipinski definition) is 3. The van der Waals surface area contributed by atoms with Crippen LogP contribution in [-0.4, -0.2) is 52.8 Å². The molecule has 148 valence electrons. The first-order valence-electron chi connectivity index (χ1n) is 9.72. The zero-order valence-electron chi connectivity index (χ0n) is 16.6. The van der Waals surface area contributed by atoms with Crippen LogP contribution in [0.4, 0.5) is 0 Å². The molecule has 2 amide bonds. The molecule has 6 nitrogen and oxygen atoms in total. The van der Waals surface area contributed by atoms with Crippen LogP contribution in [0.3, 0.4) is 0 Å². The standard InChI is InChI=1S/C22H27N3O3/c1-15(2)19-13-17(14-20(26)23-19)21(27)24(3)18-9-11-25(12-10-18)22(28)16-7-5-4-6-8-16/h4-8,13-15,18H,9-12H2,1-3H3,(H,23,26). The predicted octanol–water partition coefficient (Wildman–Crippen LogP) is 2.88. The maximum atomic E-state index is 12.9. The molecule has 0 unspecified atom stereocenters. The van der Waals surface area contributed by atoms with Crippen molar-refractivity contribution in [3.8, 4) is 0 Å². The van der Waals surface area contributed by atoms with Gasteiger partial charge in [-0.3, -0.25) is 14.4 Å². The topological polar surface area (TPSA) is 73.5 Å². The lowest BCUT2D eigenvalue weighted by Gasteiger charge is -2.37. The van der Waals surface area contributed by atoms with Crippen molar-refractivity contribution >= 4 is 11.8 Å². The first kappa shape index (κ1) is 19.9. The number of aromatic amines is 1. The molecule has 0 aliphatic carbocycles. The largest absolute Gasteiger partial charge is 0.339 e. The van der Waals surface area contributed by atoms with E-state index >= 15 is 0 Å². The minimum atomic E-state index is -0.258. The van der Waals surface area contributed by atoms with Crippen molar-refractivity contribution in [1.82, 2.24) is 14.8 Å². The molecule has 28 heavy (non-hydrogen) atoms. The third-order valence-electron chi connectivity index (χ3n) is 5.37. The van der Waals surface area contributed by atoms with Crippen LogP contribution in [0.15, 0.2) is 47.3 Å². The first-order chi connectivity index (χ1) is 13.4. The van der Waals surface area contributed by atoms with E-state index in [1.54, 1.807) is 18.0 Å². The van der Waals surface area contributed by atoms with Gasteiger partial charge in [0, 0.05) is 49.1 Å². The number of H-pyrrole nitrogens is 1. The van der Waals surface area contributed by atoms with Gasteiger partial charge in [-0.2, -0.15) is 0 Å². The van der Waals surface area contributed by atoms with Crippen molar-refractivity contribution < 1.29 is 9.59 Å². The summed E-state index contributed by atoms with van der Waals surface area (Å²) in [4.78, 5) is 43.7. The average Bonchev–Trinajstić information content (AvgIpc) is 2.72. The molecule has 1 aliphatic rings. The third kappa shape index (κ3) is 4.32. The Labute approximate surface area is 165 Å². The lowest BCUT2D eigenvalue weighted by atomic mass is 10.0. The van der Waals surface area contributed by atoms with Crippen LogP contribution in [-0.2, 0) is 0 Å². The fraction of sp³-hybridized carbons (Fsp3) is 0.409. The Morgan fingerprint density at radius 3 is 2.32 bits per heavy atom. The zero-order chi connectivity index (χ0) is 20.3. The van der Waals surface area contributed by atoms with Gasteiger partial charge < -0.3 is 14.8 Å². The molecule has 1 N–H and O–H groups in total. The predicted molar refractivity (Wildman–Crippen MR) is 109 cm³/mol. The molecule has 1 aliphatic heterocycles. The lowest BCUT2D eigenvalue weighted by molar-refractivity contribution is 0.0569. The number of amides is 2. The SMILES string of the molecule is CC(C)c1cc(C(=O)N(C)C2CCN(C(=O)c3ccccc3)CC2)cc(=O)[nH]1. The molecule has 1 fully saturated rings. The van der Waals surface area contributed by atoms with E-state index in [4.69, 9.17) is 0 Å². The number of benzene rings is 1. The molecular weight excluding hydrogens is 354 g/mol. The molecule has 1 aromatic heterocycles. The smallest absolute Gasteiger partial charge is 0.254 e. The van der Waals surface area contributed by atoms with E-state index < -0.39 is 0 Å². The van der Waals surface area contributed by atoms with Crippen LogP contribution < -0.4 is 5.56 Å². The van der Waals surface area contributed by atoms with Gasteiger partial charge in [-0.1, -0.05) is 32.0 Å². The molecule has 6 heteroatoms. The third-order valence-corrected chi connectivity index (χ3v) is 5.37. The normalized spacial score (nSPS) is 14.9. The molecule has 0 bridgehead atoms. The molecule has 1 saturated heterocycles. The molecule has 1 aromatic carbocycles. The minimum absolute atomic E-state index is 0.0317. The van der Waals surface area contributed by atoms with E-state index in [0.717, 1.165) is 18.5 Å². The molecule has 2 heterocycles. The molecule has 3 rings (SSSR count). The second kappa shape index (κ2) is 8.42. The maximum Gasteiger partial charge on any atom is 0.254 e. The molecule has 0 atom stereocenters. The van der Waals surface area contributed by atoms with E-state index in [2.05, 4.69) is 4.98 Å². The summed E-state index contributed by atoms with van der Waals surface area (Å²) in [5.41, 5.74) is 1.60. The highest BCUT2D eigenvalue weighted by Crippen LogP contribution is 2.20. The summed E-state index contributed by atoms with van der Waals surface area (Å²) in [5.74, 6) is 0.0167. The van der Waals surface area contributed by atoms with E-state index in [-0.39, 0.29) is 29.3 Å². The van der Waals surface area contributed by atoms with E-state index in [1.165, 1.54) is 6.07 Å². The van der Waals surface area contributed by atoms with Crippen molar-refractivity contribution in [2.75, 3.05) is 20.1 Å². The van der Waals surface area contributed by atoms with Gasteiger partial charge in [0.2, 0.25) is 5.56 Å². The van der Waals surface area contributed by atoms with Gasteiger partial charge in [-0.25, -0.2) is 0 Å². The molecular formula is C22H27N3O3. The second-order valence-electron chi connectivity index (χ2n) is 7.65. The lowest BCUT2D eigenvalue weighted by Crippen LogP contribution is -2.47. The number of hydrogen-bond donors (Lipinski definition) is 1. The molecule has 2 aromatic rings. The Kier molecular flexibility index (Phi) is 5.97. The Hall–Kier alpha value is -2.89. The Bertz CT molecular complexity index is 897. The van der Waals surface area contributed by atoms with Gasteiger partial charge in [-0.05, 0) is 37.0 Å². The maximum absolute atomic E-state index is 12.9. The van der Waals surface area contributed by atoms with Gasteiger partial charge >= 0.3 is 0 Å². The summed E-state index contributed by atoms with van der Waals surface area (Å²) >= 11 is 0. The van der Waals surface area contributed by atoms with Crippen molar-refractivity contribution in [2.45, 2.75) is 38.6 Å². The van der Waals surface area contributed by atoms with Gasteiger partial charge in [0.05, 0.1) is 0 Å². The van der Waals surface area contributed by atoms with Gasteiger partial charge in [-0.15, -0.1) is 0 Å². The van der Waals surface area contributed by atoms with Crippen LogP contribution in [0, 0.1) is 0 Å². The van der Waals surface area contributed by atoms with Crippen LogP contribution in [0.25, 0.3) is 0 Å². The Balaban J connectivity index is 1.65. The number of carbonyl (C=O) groups is 2. The zero-order valence-corrected chi connectivity index (χ0v) is 16.6. The van der Waals surface area contributed by atoms with Crippen LogP contribution in [0.2, 0.25) is 0 Å². The number of carbonyl (C=O) groups excluding carboxylic acids is 2. The van der Waals surface area contributed by atoms with Gasteiger partial charge in [0.1, 0.15) is 0 Å². The quantitative estimate of drug-likeness (QED) is 0.885. The summed E-state index contributed by atoms with van der Waals surface area (Å²) in [7, 11) is 1.78. The van der Waals surface area contributed by atoms with E-state index in [1.807, 2.05) is 49.1 Å². The molecule has 0 saturated carbocycles. The highest BCUT2D eigenvalue weighted by molar-refractivity contribution is 5.95. The Morgan fingerprint density at radius 1 is 1.07 bits per heavy atom. The number of likely N-dealkylation sites (tertiary alicyclic amines) is 1. The summed E-state index contributed by atoms with van der Waals surface area (Å²) in [5, 5.41) is 0. The van der Waals surface area contributed by atoms with E-state index in [0.29, 0.717) is 24.2 Å². The van der Waals surface area contributed by atoms with Gasteiger partial charge in [0.15, 0.2) is 0 Å². The highest BCUT2D eigenvalue weighted by atomic mass is 16.2. The number of aromatic nitrogens is 1. The van der Waals surface area contributed by atoms with Crippen molar-refractivity contribution in [2.24, 2.45) is 0 Å². The van der Waals surface area contributed by atoms with Crippen LogP contribution in [0.5, 0.6) is 0 Å². The summed E-state index contributed by atoms with van der Waals surface area (Å²) < 4.78 is 0. The van der Waals surface area contributed by atoms with Crippen LogP contribution in [0.1, 0.15) is 59.0 Å². The van der Waals surface area contributed by atoms with Gasteiger partial charge in [0.25, 0.3) is 11.8 Å². The number of piperidine rings is 1. The highest BCUT2D eigenvalue weighted by Gasteiger charge is 2.28. The van der Waals surface area contributed by atoms with Crippen molar-refractivity contribution in [1.29, 1.82) is 0 Å². The number of nitrogens with one attached hydrogen (secondary N) is 1. The molecule has 0 radical (unpaired) electrons. The monoisotopic (exact) mass is 381 g/mol. The average molecular weight is 381 g/mol. The Morgan fingerprint density at radius 2 is 1.71 bits per heavy atom. The summed E-state index contributed by atoms with van der Waals surface area (Å²) in [6.45, 7) is 5.18. The fourth-order valence-corrected chi connectivity index (χ4v) is 3.59. The van der Waals surface area contributed by atoms with Crippen molar-refractivity contribution in [3.05, 3.63) is 69.6 Å². The summed E-state index contributed by atoms with van der Waals surface area (Å²) in [6.07, 6.45) is 1.45. The summed E-state index contributed by atoms with van der Waals surface area (Å²) in [6, 6.07) is 12.4. The minimum Gasteiger partial charge on any atom is -0.339 e. The first-order valence-corrected chi connectivity index (χ1v) is 9.72. The number of pyridine rings is 1. The number of rotatable bonds is 4. The number of nitrogens with zero attached hydrogens (tertiary/aromatic N) is 2. The molecule has 0 spiro atoms. The van der Waals surface area contributed by atoms with E-state index in [9.17, 15) is 14.4 Å². The van der Waals surface area contributed by atoms with Crippen LogP contribution >= 0.6 is 0 Å². The second-order valence-corrected chi connectivity index (χ2v) is 7.65. The van der Waals surface area contributed by atoms with Crippen molar-refractivity contribution in [3.63, 3.8) is 0 Å².